The molecule has 0 spiro atoms. The molecule has 1 aliphatic rings. The van der Waals surface area contributed by atoms with Crippen LogP contribution in [0.3, 0.4) is 0 Å². The van der Waals surface area contributed by atoms with Crippen molar-refractivity contribution >= 4 is 17.2 Å². The molecule has 1 atom stereocenters. The third-order valence-electron chi connectivity index (χ3n) is 2.81. The maximum atomic E-state index is 8.91. The Morgan fingerprint density at radius 3 is 2.62 bits per heavy atom. The molecule has 4 heteroatoms. The summed E-state index contributed by atoms with van der Waals surface area (Å²) >= 11 is 4.95. The summed E-state index contributed by atoms with van der Waals surface area (Å²) in [6, 6.07) is 0.705. The first kappa shape index (κ1) is 10.9. The van der Waals surface area contributed by atoms with Crippen molar-refractivity contribution in [1.82, 2.24) is 4.90 Å². The van der Waals surface area contributed by atoms with Crippen LogP contribution in [-0.4, -0.2) is 40.2 Å². The van der Waals surface area contributed by atoms with E-state index in [1.165, 1.54) is 19.3 Å². The van der Waals surface area contributed by atoms with Crippen LogP contribution in [0.25, 0.3) is 0 Å². The van der Waals surface area contributed by atoms with Gasteiger partial charge in [0.05, 0.1) is 17.6 Å². The molecule has 1 rings (SSSR count). The third-order valence-corrected chi connectivity index (χ3v) is 3.15. The molecule has 0 heterocycles. The number of rotatable bonds is 5. The summed E-state index contributed by atoms with van der Waals surface area (Å²) in [4.78, 5) is 2.74. The van der Waals surface area contributed by atoms with Gasteiger partial charge in [0.15, 0.2) is 0 Å². The number of nitrogens with two attached hydrogens (primary N) is 1. The molecule has 0 aromatic heterocycles. The zero-order valence-electron chi connectivity index (χ0n) is 8.07. The van der Waals surface area contributed by atoms with E-state index < -0.39 is 0 Å². The average molecular weight is 202 g/mol. The van der Waals surface area contributed by atoms with E-state index in [0.29, 0.717) is 17.6 Å². The number of hydrogen-bond donors (Lipinski definition) is 2. The summed E-state index contributed by atoms with van der Waals surface area (Å²) in [7, 11) is 0. The molecule has 0 amide bonds. The summed E-state index contributed by atoms with van der Waals surface area (Å²) in [6.07, 6.45) is 3.72. The Morgan fingerprint density at radius 2 is 2.31 bits per heavy atom. The molecule has 1 aliphatic carbocycles. The van der Waals surface area contributed by atoms with Crippen molar-refractivity contribution in [3.05, 3.63) is 0 Å². The lowest BCUT2D eigenvalue weighted by molar-refractivity contribution is 0.0896. The van der Waals surface area contributed by atoms with Crippen molar-refractivity contribution < 1.29 is 5.11 Å². The molecule has 0 aliphatic heterocycles. The fraction of sp³-hybridized carbons (Fsp3) is 0.889. The molecule has 0 saturated heterocycles. The van der Waals surface area contributed by atoms with Crippen LogP contribution in [-0.2, 0) is 0 Å². The zero-order chi connectivity index (χ0) is 9.84. The molecule has 0 radical (unpaired) electrons. The van der Waals surface area contributed by atoms with E-state index in [4.69, 9.17) is 23.1 Å². The second-order valence-corrected chi connectivity index (χ2v) is 4.10. The topological polar surface area (TPSA) is 49.5 Å². The quantitative estimate of drug-likeness (QED) is 0.638. The van der Waals surface area contributed by atoms with Crippen molar-refractivity contribution in [2.24, 2.45) is 5.73 Å². The molecular weight excluding hydrogens is 184 g/mol. The highest BCUT2D eigenvalue weighted by molar-refractivity contribution is 7.80. The van der Waals surface area contributed by atoms with Crippen LogP contribution < -0.4 is 5.73 Å². The van der Waals surface area contributed by atoms with Crippen LogP contribution in [0, 0.1) is 0 Å². The van der Waals surface area contributed by atoms with Crippen LogP contribution in [0.4, 0.5) is 0 Å². The summed E-state index contributed by atoms with van der Waals surface area (Å²) in [5, 5.41) is 8.91. The van der Waals surface area contributed by atoms with E-state index in [1.807, 2.05) is 6.92 Å². The van der Waals surface area contributed by atoms with Crippen molar-refractivity contribution in [3.63, 3.8) is 0 Å². The number of aliphatic hydroxyl groups excluding tert-OH is 1. The number of nitrogens with zero attached hydrogens (tertiary/aromatic N) is 1. The lowest BCUT2D eigenvalue weighted by Crippen LogP contribution is -2.51. The molecule has 76 valence electrons. The second kappa shape index (κ2) is 4.88. The minimum atomic E-state index is 0.118. The third kappa shape index (κ3) is 2.62. The maximum absolute atomic E-state index is 8.91. The first-order valence-electron chi connectivity index (χ1n) is 4.82. The van der Waals surface area contributed by atoms with Crippen LogP contribution in [0.2, 0.25) is 0 Å². The number of aliphatic hydroxyl groups is 1. The Bertz CT molecular complexity index is 182. The van der Waals surface area contributed by atoms with Gasteiger partial charge in [-0.05, 0) is 19.8 Å². The molecule has 1 fully saturated rings. The van der Waals surface area contributed by atoms with E-state index >= 15 is 0 Å². The minimum Gasteiger partial charge on any atom is -0.395 e. The predicted octanol–water partition coefficient (Wildman–Crippen LogP) is 0.508. The van der Waals surface area contributed by atoms with Gasteiger partial charge in [0, 0.05) is 12.6 Å². The predicted molar refractivity (Wildman–Crippen MR) is 57.7 cm³/mol. The van der Waals surface area contributed by atoms with Gasteiger partial charge >= 0.3 is 0 Å². The van der Waals surface area contributed by atoms with E-state index in [2.05, 4.69) is 4.90 Å². The lowest BCUT2D eigenvalue weighted by atomic mass is 9.90. The van der Waals surface area contributed by atoms with Crippen LogP contribution >= 0.6 is 12.2 Å². The van der Waals surface area contributed by atoms with Gasteiger partial charge < -0.3 is 10.8 Å². The Hall–Kier alpha value is -0.190. The molecule has 0 aromatic carbocycles. The van der Waals surface area contributed by atoms with Gasteiger partial charge in [0.25, 0.3) is 0 Å². The SMILES string of the molecule is CC(C(N)=S)N(CCO)C1CCC1. The fourth-order valence-corrected chi connectivity index (χ4v) is 1.83. The first-order chi connectivity index (χ1) is 6.16. The molecule has 3 N–H and O–H groups in total. The second-order valence-electron chi connectivity index (χ2n) is 3.62. The van der Waals surface area contributed by atoms with E-state index in [9.17, 15) is 0 Å². The van der Waals surface area contributed by atoms with Crippen LogP contribution in [0.15, 0.2) is 0 Å². The Morgan fingerprint density at radius 1 is 1.69 bits per heavy atom. The molecule has 3 nitrogen and oxygen atoms in total. The smallest absolute Gasteiger partial charge is 0.0899 e. The highest BCUT2D eigenvalue weighted by Gasteiger charge is 2.28. The van der Waals surface area contributed by atoms with Gasteiger partial charge in [-0.3, -0.25) is 4.90 Å². The molecule has 0 aromatic rings. The largest absolute Gasteiger partial charge is 0.395 e. The van der Waals surface area contributed by atoms with Crippen molar-refractivity contribution in [2.75, 3.05) is 13.2 Å². The van der Waals surface area contributed by atoms with Crippen LogP contribution in [0.1, 0.15) is 26.2 Å². The zero-order valence-corrected chi connectivity index (χ0v) is 8.89. The normalized spacial score (nSPS) is 19.9. The van der Waals surface area contributed by atoms with Gasteiger partial charge in [-0.1, -0.05) is 18.6 Å². The standard InChI is InChI=1S/C9H18N2OS/c1-7(9(10)13)11(5-6-12)8-3-2-4-8/h7-8,12H,2-6H2,1H3,(H2,10,13). The van der Waals surface area contributed by atoms with Gasteiger partial charge in [-0.25, -0.2) is 0 Å². The maximum Gasteiger partial charge on any atom is 0.0899 e. The summed E-state index contributed by atoms with van der Waals surface area (Å²) in [5.41, 5.74) is 5.59. The Kier molecular flexibility index (Phi) is 4.09. The first-order valence-corrected chi connectivity index (χ1v) is 5.23. The minimum absolute atomic E-state index is 0.118. The van der Waals surface area contributed by atoms with Crippen molar-refractivity contribution in [3.8, 4) is 0 Å². The molecule has 1 unspecified atom stereocenters. The molecule has 13 heavy (non-hydrogen) atoms. The van der Waals surface area contributed by atoms with Crippen molar-refractivity contribution in [2.45, 2.75) is 38.3 Å². The summed E-state index contributed by atoms with van der Waals surface area (Å²) in [5.74, 6) is 0. The van der Waals surface area contributed by atoms with Crippen LogP contribution in [0.5, 0.6) is 0 Å². The van der Waals surface area contributed by atoms with E-state index in [0.717, 1.165) is 0 Å². The average Bonchev–Trinajstić information content (AvgIpc) is 1.99. The number of thiocarbonyl (C=S) groups is 1. The fourth-order valence-electron chi connectivity index (χ4n) is 1.69. The number of hydrogen-bond acceptors (Lipinski definition) is 3. The molecule has 0 bridgehead atoms. The lowest BCUT2D eigenvalue weighted by Gasteiger charge is -2.40. The van der Waals surface area contributed by atoms with Gasteiger partial charge in [-0.15, -0.1) is 0 Å². The molecular formula is C9H18N2OS. The highest BCUT2D eigenvalue weighted by atomic mass is 32.1. The summed E-state index contributed by atoms with van der Waals surface area (Å²) in [6.45, 7) is 2.88. The van der Waals surface area contributed by atoms with Crippen molar-refractivity contribution in [1.29, 1.82) is 0 Å². The Balaban J connectivity index is 2.49. The van der Waals surface area contributed by atoms with E-state index in [1.54, 1.807) is 0 Å². The Labute approximate surface area is 84.9 Å². The van der Waals surface area contributed by atoms with E-state index in [-0.39, 0.29) is 12.6 Å². The van der Waals surface area contributed by atoms with Gasteiger partial charge in [0.2, 0.25) is 0 Å². The molecule has 1 saturated carbocycles. The summed E-state index contributed by atoms with van der Waals surface area (Å²) < 4.78 is 0. The van der Waals surface area contributed by atoms with Gasteiger partial charge in [-0.2, -0.15) is 0 Å². The monoisotopic (exact) mass is 202 g/mol. The highest BCUT2D eigenvalue weighted by Crippen LogP contribution is 2.26. The van der Waals surface area contributed by atoms with Gasteiger partial charge in [0.1, 0.15) is 0 Å².